The van der Waals surface area contributed by atoms with Gasteiger partial charge in [0.15, 0.2) is 0 Å². The summed E-state index contributed by atoms with van der Waals surface area (Å²) < 4.78 is 5.85. The second kappa shape index (κ2) is 8.32. The number of hydrogen-bond donors (Lipinski definition) is 2. The summed E-state index contributed by atoms with van der Waals surface area (Å²) in [6.45, 7) is 1.15. The monoisotopic (exact) mass is 325 g/mol. The molecule has 2 aromatic rings. The largest absolute Gasteiger partial charge is 0.489 e. The Morgan fingerprint density at radius 1 is 1.00 bits per heavy atom. The van der Waals surface area contributed by atoms with Gasteiger partial charge in [-0.1, -0.05) is 55.3 Å². The molecule has 24 heavy (non-hydrogen) atoms. The maximum atomic E-state index is 10.3. The highest BCUT2D eigenvalue weighted by Gasteiger charge is 2.30. The SMILES string of the molecule is NC[C@H](c1ccc(OCc2ccccc2)cc1)[C@H]1CCCC[C@H]1O. The van der Waals surface area contributed by atoms with Crippen molar-refractivity contribution in [2.24, 2.45) is 11.7 Å². The summed E-state index contributed by atoms with van der Waals surface area (Å²) in [6.07, 6.45) is 4.06. The number of rotatable bonds is 6. The summed E-state index contributed by atoms with van der Waals surface area (Å²) in [5.74, 6) is 1.37. The summed E-state index contributed by atoms with van der Waals surface area (Å²) >= 11 is 0. The Labute approximate surface area is 144 Å². The number of nitrogens with two attached hydrogens (primary N) is 1. The zero-order valence-corrected chi connectivity index (χ0v) is 14.1. The van der Waals surface area contributed by atoms with Crippen molar-refractivity contribution in [2.75, 3.05) is 6.54 Å². The molecule has 2 aromatic carbocycles. The highest BCUT2D eigenvalue weighted by atomic mass is 16.5. The van der Waals surface area contributed by atoms with E-state index in [1.807, 2.05) is 30.3 Å². The van der Waals surface area contributed by atoms with Crippen LogP contribution in [0, 0.1) is 5.92 Å². The Morgan fingerprint density at radius 2 is 1.71 bits per heavy atom. The first kappa shape index (κ1) is 17.0. The lowest BCUT2D eigenvalue weighted by Gasteiger charge is -2.34. The third-order valence-corrected chi connectivity index (χ3v) is 5.11. The fourth-order valence-electron chi connectivity index (χ4n) is 3.72. The van der Waals surface area contributed by atoms with Crippen LogP contribution in [-0.2, 0) is 6.61 Å². The van der Waals surface area contributed by atoms with Gasteiger partial charge in [-0.25, -0.2) is 0 Å². The van der Waals surface area contributed by atoms with Crippen LogP contribution in [0.25, 0.3) is 0 Å². The zero-order chi connectivity index (χ0) is 16.8. The average molecular weight is 325 g/mol. The molecule has 3 nitrogen and oxygen atoms in total. The summed E-state index contributed by atoms with van der Waals surface area (Å²) in [6, 6.07) is 18.4. The predicted octanol–water partition coefficient (Wildman–Crippen LogP) is 3.86. The first-order valence-corrected chi connectivity index (χ1v) is 8.92. The average Bonchev–Trinajstić information content (AvgIpc) is 2.64. The number of benzene rings is 2. The van der Waals surface area contributed by atoms with Gasteiger partial charge in [0.1, 0.15) is 12.4 Å². The van der Waals surface area contributed by atoms with E-state index in [0.29, 0.717) is 13.2 Å². The Kier molecular flexibility index (Phi) is 5.89. The van der Waals surface area contributed by atoms with E-state index < -0.39 is 0 Å². The Bertz CT molecular complexity index is 611. The Morgan fingerprint density at radius 3 is 2.38 bits per heavy atom. The molecular formula is C21H27NO2. The van der Waals surface area contributed by atoms with E-state index in [0.717, 1.165) is 30.6 Å². The van der Waals surface area contributed by atoms with Crippen molar-refractivity contribution < 1.29 is 9.84 Å². The normalized spacial score (nSPS) is 22.1. The molecule has 0 aliphatic heterocycles. The summed E-state index contributed by atoms with van der Waals surface area (Å²) in [5.41, 5.74) is 8.39. The van der Waals surface area contributed by atoms with Crippen LogP contribution in [0.5, 0.6) is 5.75 Å². The molecule has 0 heterocycles. The molecule has 1 aliphatic rings. The van der Waals surface area contributed by atoms with Gasteiger partial charge >= 0.3 is 0 Å². The number of hydrogen-bond acceptors (Lipinski definition) is 3. The lowest BCUT2D eigenvalue weighted by Crippen LogP contribution is -2.33. The Balaban J connectivity index is 1.64. The van der Waals surface area contributed by atoms with Crippen LogP contribution in [0.1, 0.15) is 42.7 Å². The van der Waals surface area contributed by atoms with Gasteiger partial charge in [-0.2, -0.15) is 0 Å². The van der Waals surface area contributed by atoms with Gasteiger partial charge in [0.05, 0.1) is 6.10 Å². The predicted molar refractivity (Wildman–Crippen MR) is 97.0 cm³/mol. The van der Waals surface area contributed by atoms with Crippen molar-refractivity contribution in [2.45, 2.75) is 44.3 Å². The van der Waals surface area contributed by atoms with Gasteiger partial charge < -0.3 is 15.6 Å². The minimum atomic E-state index is -0.221. The van der Waals surface area contributed by atoms with E-state index in [1.54, 1.807) is 0 Å². The highest BCUT2D eigenvalue weighted by Crippen LogP contribution is 2.36. The van der Waals surface area contributed by atoms with Crippen LogP contribution in [-0.4, -0.2) is 17.8 Å². The van der Waals surface area contributed by atoms with E-state index in [9.17, 15) is 5.11 Å². The van der Waals surface area contributed by atoms with E-state index in [1.165, 1.54) is 12.0 Å². The molecule has 0 aromatic heterocycles. The van der Waals surface area contributed by atoms with Crippen molar-refractivity contribution in [3.05, 3.63) is 65.7 Å². The van der Waals surface area contributed by atoms with E-state index in [-0.39, 0.29) is 17.9 Å². The molecule has 1 saturated carbocycles. The third-order valence-electron chi connectivity index (χ3n) is 5.11. The van der Waals surface area contributed by atoms with Crippen LogP contribution in [0.2, 0.25) is 0 Å². The van der Waals surface area contributed by atoms with Crippen molar-refractivity contribution >= 4 is 0 Å². The van der Waals surface area contributed by atoms with E-state index in [2.05, 4.69) is 24.3 Å². The molecule has 0 unspecified atom stereocenters. The maximum absolute atomic E-state index is 10.3. The number of ether oxygens (including phenoxy) is 1. The molecule has 3 N–H and O–H groups in total. The van der Waals surface area contributed by atoms with Gasteiger partial charge in [0, 0.05) is 5.92 Å². The van der Waals surface area contributed by atoms with Gasteiger partial charge in [0.2, 0.25) is 0 Å². The van der Waals surface area contributed by atoms with Gasteiger partial charge in [0.25, 0.3) is 0 Å². The molecule has 3 heteroatoms. The minimum Gasteiger partial charge on any atom is -0.489 e. The number of aliphatic hydroxyl groups excluding tert-OH is 1. The first-order valence-electron chi connectivity index (χ1n) is 8.92. The maximum Gasteiger partial charge on any atom is 0.119 e. The van der Waals surface area contributed by atoms with Crippen LogP contribution in [0.4, 0.5) is 0 Å². The standard InChI is InChI=1S/C21H27NO2/c22-14-20(19-8-4-5-9-21(19)23)17-10-12-18(13-11-17)24-15-16-6-2-1-3-7-16/h1-3,6-7,10-13,19-21,23H,4-5,8-9,14-15,22H2/t19-,20-,21-/m1/s1. The van der Waals surface area contributed by atoms with Crippen LogP contribution in [0.15, 0.2) is 54.6 Å². The fraction of sp³-hybridized carbons (Fsp3) is 0.429. The van der Waals surface area contributed by atoms with Crippen molar-refractivity contribution in [1.29, 1.82) is 0 Å². The summed E-state index contributed by atoms with van der Waals surface area (Å²) in [4.78, 5) is 0. The summed E-state index contributed by atoms with van der Waals surface area (Å²) in [7, 11) is 0. The molecule has 3 rings (SSSR count). The van der Waals surface area contributed by atoms with Crippen LogP contribution in [0.3, 0.4) is 0 Å². The quantitative estimate of drug-likeness (QED) is 0.848. The molecule has 1 aliphatic carbocycles. The third kappa shape index (κ3) is 4.16. The van der Waals surface area contributed by atoms with Crippen molar-refractivity contribution in [1.82, 2.24) is 0 Å². The van der Waals surface area contributed by atoms with Gasteiger partial charge in [-0.05, 0) is 48.6 Å². The molecule has 0 saturated heterocycles. The highest BCUT2D eigenvalue weighted by molar-refractivity contribution is 5.30. The lowest BCUT2D eigenvalue weighted by molar-refractivity contribution is 0.0561. The smallest absolute Gasteiger partial charge is 0.119 e. The second-order valence-corrected chi connectivity index (χ2v) is 6.70. The molecular weight excluding hydrogens is 298 g/mol. The lowest BCUT2D eigenvalue weighted by atomic mass is 9.75. The van der Waals surface area contributed by atoms with Crippen LogP contribution < -0.4 is 10.5 Å². The van der Waals surface area contributed by atoms with Gasteiger partial charge in [-0.15, -0.1) is 0 Å². The molecule has 0 radical (unpaired) electrons. The number of aliphatic hydroxyl groups is 1. The minimum absolute atomic E-state index is 0.221. The van der Waals surface area contributed by atoms with Crippen molar-refractivity contribution in [3.8, 4) is 5.75 Å². The van der Waals surface area contributed by atoms with Crippen LogP contribution >= 0.6 is 0 Å². The van der Waals surface area contributed by atoms with Crippen molar-refractivity contribution in [3.63, 3.8) is 0 Å². The second-order valence-electron chi connectivity index (χ2n) is 6.70. The first-order chi connectivity index (χ1) is 11.8. The molecule has 3 atom stereocenters. The fourth-order valence-corrected chi connectivity index (χ4v) is 3.72. The van der Waals surface area contributed by atoms with E-state index in [4.69, 9.17) is 10.5 Å². The summed E-state index contributed by atoms with van der Waals surface area (Å²) in [5, 5.41) is 10.3. The molecule has 1 fully saturated rings. The topological polar surface area (TPSA) is 55.5 Å². The molecule has 0 amide bonds. The van der Waals surface area contributed by atoms with Gasteiger partial charge in [-0.3, -0.25) is 0 Å². The Hall–Kier alpha value is -1.84. The molecule has 128 valence electrons. The van der Waals surface area contributed by atoms with E-state index >= 15 is 0 Å². The molecule has 0 bridgehead atoms. The zero-order valence-electron chi connectivity index (χ0n) is 14.1. The molecule has 0 spiro atoms.